The fourth-order valence-corrected chi connectivity index (χ4v) is 1.67. The van der Waals surface area contributed by atoms with E-state index in [1.54, 1.807) is 5.32 Å². The van der Waals surface area contributed by atoms with Crippen LogP contribution in [0.3, 0.4) is 0 Å². The first-order chi connectivity index (χ1) is 10.1. The molecule has 0 fully saturated rings. The van der Waals surface area contributed by atoms with Gasteiger partial charge in [-0.3, -0.25) is 14.9 Å². The van der Waals surface area contributed by atoms with E-state index in [9.17, 15) is 32.9 Å². The van der Waals surface area contributed by atoms with E-state index < -0.39 is 44.9 Å². The van der Waals surface area contributed by atoms with Crippen LogP contribution in [0.2, 0.25) is 5.02 Å². The quantitative estimate of drug-likeness (QED) is 0.395. The zero-order valence-corrected chi connectivity index (χ0v) is 11.6. The number of carbonyl (C=O) groups is 2. The van der Waals surface area contributed by atoms with Crippen molar-refractivity contribution in [3.05, 3.63) is 32.8 Å². The van der Waals surface area contributed by atoms with Crippen molar-refractivity contribution < 1.29 is 32.4 Å². The third-order valence-corrected chi connectivity index (χ3v) is 2.50. The minimum absolute atomic E-state index is 0.193. The second kappa shape index (κ2) is 6.60. The van der Waals surface area contributed by atoms with E-state index >= 15 is 0 Å². The van der Waals surface area contributed by atoms with Gasteiger partial charge in [0.2, 0.25) is 0 Å². The number of nitrogens with zero attached hydrogens (tertiary/aromatic N) is 1. The summed E-state index contributed by atoms with van der Waals surface area (Å²) < 4.78 is 43.1. The van der Waals surface area contributed by atoms with Crippen LogP contribution in [0.1, 0.15) is 12.5 Å². The highest BCUT2D eigenvalue weighted by Gasteiger charge is 2.39. The van der Waals surface area contributed by atoms with Crippen molar-refractivity contribution in [2.75, 3.05) is 11.9 Å². The molecule has 11 heteroatoms. The van der Waals surface area contributed by atoms with Crippen LogP contribution >= 0.6 is 11.6 Å². The molecule has 22 heavy (non-hydrogen) atoms. The van der Waals surface area contributed by atoms with Crippen LogP contribution in [0.5, 0.6) is 0 Å². The zero-order valence-electron chi connectivity index (χ0n) is 10.9. The standard InChI is InChI=1S/C11H8ClF3N2O5/c1-2-22-10(19)9(18)16-8-6(11(13,14)15)3-5(12)4-7(8)17(20)21/h3-4H,2H2,1H3,(H,16,18). The molecule has 0 atom stereocenters. The number of hydrogen-bond acceptors (Lipinski definition) is 5. The smallest absolute Gasteiger partial charge is 0.418 e. The van der Waals surface area contributed by atoms with Crippen LogP contribution in [0.25, 0.3) is 0 Å². The minimum Gasteiger partial charge on any atom is -0.459 e. The van der Waals surface area contributed by atoms with Crippen molar-refractivity contribution in [3.63, 3.8) is 0 Å². The number of nitro benzene ring substituents is 1. The number of anilines is 1. The Morgan fingerprint density at radius 3 is 2.45 bits per heavy atom. The van der Waals surface area contributed by atoms with Gasteiger partial charge in [-0.1, -0.05) is 11.6 Å². The average molecular weight is 341 g/mol. The lowest BCUT2D eigenvalue weighted by Crippen LogP contribution is -2.27. The number of rotatable bonds is 3. The molecule has 0 saturated heterocycles. The van der Waals surface area contributed by atoms with Crippen molar-refractivity contribution in [2.24, 2.45) is 0 Å². The van der Waals surface area contributed by atoms with Crippen molar-refractivity contribution in [3.8, 4) is 0 Å². The largest absolute Gasteiger partial charge is 0.459 e. The normalized spacial score (nSPS) is 11.0. The molecule has 1 rings (SSSR count). The first-order valence-corrected chi connectivity index (χ1v) is 5.99. The number of benzene rings is 1. The van der Waals surface area contributed by atoms with Gasteiger partial charge in [-0.2, -0.15) is 13.2 Å². The molecular formula is C11H8ClF3N2O5. The monoisotopic (exact) mass is 340 g/mol. The molecule has 1 amide bonds. The van der Waals surface area contributed by atoms with E-state index in [1.807, 2.05) is 0 Å². The summed E-state index contributed by atoms with van der Waals surface area (Å²) in [7, 11) is 0. The second-order valence-electron chi connectivity index (χ2n) is 3.78. The van der Waals surface area contributed by atoms with E-state index in [0.29, 0.717) is 12.1 Å². The Bertz CT molecular complexity index is 633. The third-order valence-electron chi connectivity index (χ3n) is 2.28. The molecular weight excluding hydrogens is 333 g/mol. The molecule has 0 radical (unpaired) electrons. The average Bonchev–Trinajstić information content (AvgIpc) is 2.38. The van der Waals surface area contributed by atoms with Crippen LogP contribution in [-0.4, -0.2) is 23.4 Å². The predicted molar refractivity (Wildman–Crippen MR) is 68.4 cm³/mol. The van der Waals surface area contributed by atoms with Gasteiger partial charge in [-0.15, -0.1) is 0 Å². The molecule has 0 aromatic heterocycles. The van der Waals surface area contributed by atoms with Gasteiger partial charge in [-0.05, 0) is 13.0 Å². The van der Waals surface area contributed by atoms with Gasteiger partial charge in [-0.25, -0.2) is 4.79 Å². The van der Waals surface area contributed by atoms with Crippen molar-refractivity contribution in [1.29, 1.82) is 0 Å². The molecule has 1 aromatic rings. The fourth-order valence-electron chi connectivity index (χ4n) is 1.45. The molecule has 0 aliphatic rings. The lowest BCUT2D eigenvalue weighted by atomic mass is 10.1. The van der Waals surface area contributed by atoms with E-state index in [2.05, 4.69) is 4.74 Å². The first kappa shape index (κ1) is 17.7. The number of nitrogens with one attached hydrogen (secondary N) is 1. The summed E-state index contributed by atoms with van der Waals surface area (Å²) >= 11 is 5.41. The summed E-state index contributed by atoms with van der Waals surface area (Å²) in [5, 5.41) is 11.8. The Kier molecular flexibility index (Phi) is 5.31. The summed E-state index contributed by atoms with van der Waals surface area (Å²) in [6.45, 7) is 1.18. The maximum Gasteiger partial charge on any atom is 0.418 e. The molecule has 7 nitrogen and oxygen atoms in total. The predicted octanol–water partition coefficient (Wildman–Crippen LogP) is 2.77. The van der Waals surface area contributed by atoms with E-state index in [0.717, 1.165) is 0 Å². The van der Waals surface area contributed by atoms with Crippen LogP contribution in [0, 0.1) is 10.1 Å². The lowest BCUT2D eigenvalue weighted by molar-refractivity contribution is -0.384. The number of carbonyl (C=O) groups excluding carboxylic acids is 2. The molecule has 0 aliphatic carbocycles. The Hall–Kier alpha value is -2.36. The van der Waals surface area contributed by atoms with E-state index in [1.165, 1.54) is 6.92 Å². The number of amides is 1. The number of esters is 1. The third kappa shape index (κ3) is 4.07. The number of ether oxygens (including phenoxy) is 1. The van der Waals surface area contributed by atoms with Crippen LogP contribution < -0.4 is 5.32 Å². The van der Waals surface area contributed by atoms with Crippen LogP contribution in [0.4, 0.5) is 24.5 Å². The number of nitro groups is 1. The second-order valence-corrected chi connectivity index (χ2v) is 4.21. The molecule has 0 saturated carbocycles. The van der Waals surface area contributed by atoms with Gasteiger partial charge < -0.3 is 10.1 Å². The van der Waals surface area contributed by atoms with Gasteiger partial charge in [0.05, 0.1) is 17.1 Å². The van der Waals surface area contributed by atoms with Gasteiger partial charge in [0.1, 0.15) is 5.69 Å². The first-order valence-electron chi connectivity index (χ1n) is 5.61. The highest BCUT2D eigenvalue weighted by atomic mass is 35.5. The molecule has 1 N–H and O–H groups in total. The molecule has 0 aliphatic heterocycles. The maximum absolute atomic E-state index is 12.9. The molecule has 120 valence electrons. The molecule has 0 bridgehead atoms. The van der Waals surface area contributed by atoms with E-state index in [4.69, 9.17) is 11.6 Å². The molecule has 0 spiro atoms. The van der Waals surface area contributed by atoms with Crippen molar-refractivity contribution >= 4 is 34.9 Å². The highest BCUT2D eigenvalue weighted by Crippen LogP contribution is 2.41. The summed E-state index contributed by atoms with van der Waals surface area (Å²) in [5.74, 6) is -3.04. The van der Waals surface area contributed by atoms with Crippen LogP contribution in [0.15, 0.2) is 12.1 Å². The van der Waals surface area contributed by atoms with Gasteiger partial charge in [0.15, 0.2) is 0 Å². The van der Waals surface area contributed by atoms with Gasteiger partial charge in [0, 0.05) is 11.1 Å². The Morgan fingerprint density at radius 2 is 2.00 bits per heavy atom. The van der Waals surface area contributed by atoms with E-state index in [-0.39, 0.29) is 6.61 Å². The molecule has 0 unspecified atom stereocenters. The highest BCUT2D eigenvalue weighted by molar-refractivity contribution is 6.37. The lowest BCUT2D eigenvalue weighted by Gasteiger charge is -2.14. The Labute approximate surface area is 126 Å². The Balaban J connectivity index is 3.40. The topological polar surface area (TPSA) is 98.5 Å². The summed E-state index contributed by atoms with van der Waals surface area (Å²) in [6.07, 6.45) is -5.03. The number of hydrogen-bond donors (Lipinski definition) is 1. The summed E-state index contributed by atoms with van der Waals surface area (Å²) in [4.78, 5) is 32.3. The molecule has 0 heterocycles. The number of alkyl halides is 3. The summed E-state index contributed by atoms with van der Waals surface area (Å²) in [6, 6.07) is 1.02. The van der Waals surface area contributed by atoms with Crippen LogP contribution in [-0.2, 0) is 20.5 Å². The van der Waals surface area contributed by atoms with Crippen molar-refractivity contribution in [2.45, 2.75) is 13.1 Å². The Morgan fingerprint density at radius 1 is 1.41 bits per heavy atom. The van der Waals surface area contributed by atoms with Crippen molar-refractivity contribution in [1.82, 2.24) is 0 Å². The minimum atomic E-state index is -5.03. The SMILES string of the molecule is CCOC(=O)C(=O)Nc1c([N+](=O)[O-])cc(Cl)cc1C(F)(F)F. The zero-order chi connectivity index (χ0) is 17.1. The molecule has 1 aromatic carbocycles. The fraction of sp³-hybridized carbons (Fsp3) is 0.273. The van der Waals surface area contributed by atoms with Gasteiger partial charge >= 0.3 is 18.1 Å². The van der Waals surface area contributed by atoms with Gasteiger partial charge in [0.25, 0.3) is 5.69 Å². The summed E-state index contributed by atoms with van der Waals surface area (Å²) in [5.41, 5.74) is -3.83. The maximum atomic E-state index is 12.9. The number of halogens is 4.